The highest BCUT2D eigenvalue weighted by molar-refractivity contribution is 7.19. The van der Waals surface area contributed by atoms with E-state index in [-0.39, 0.29) is 11.4 Å². The summed E-state index contributed by atoms with van der Waals surface area (Å²) in [6, 6.07) is 0. The molecule has 4 N–H and O–H groups in total. The number of ether oxygens (including phenoxy) is 1. The number of carbonyl (C=O) groups excluding carboxylic acids is 1. The van der Waals surface area contributed by atoms with Crippen molar-refractivity contribution in [2.24, 2.45) is 5.92 Å². The van der Waals surface area contributed by atoms with E-state index in [9.17, 15) is 4.79 Å². The lowest BCUT2D eigenvalue weighted by molar-refractivity contribution is 0.0967. The fourth-order valence-electron chi connectivity index (χ4n) is 2.20. The largest absolute Gasteiger partial charge is 0.492 e. The molecule has 1 amide bonds. The van der Waals surface area contributed by atoms with Gasteiger partial charge in [0.15, 0.2) is 5.75 Å². The lowest BCUT2D eigenvalue weighted by Crippen LogP contribution is -2.32. The van der Waals surface area contributed by atoms with Crippen molar-refractivity contribution in [2.45, 2.75) is 32.2 Å². The molecular formula is C13H21N3O2S. The number of thiophene rings is 1. The van der Waals surface area contributed by atoms with Gasteiger partial charge >= 0.3 is 0 Å². The number of rotatable bonds is 5. The van der Waals surface area contributed by atoms with Gasteiger partial charge in [-0.3, -0.25) is 4.79 Å². The summed E-state index contributed by atoms with van der Waals surface area (Å²) in [6.07, 6.45) is 2.48. The van der Waals surface area contributed by atoms with Gasteiger partial charge in [0.2, 0.25) is 0 Å². The van der Waals surface area contributed by atoms with E-state index in [0.29, 0.717) is 22.2 Å². The minimum Gasteiger partial charge on any atom is -0.492 e. The third-order valence-electron chi connectivity index (χ3n) is 3.57. The van der Waals surface area contributed by atoms with E-state index in [0.717, 1.165) is 5.00 Å². The van der Waals surface area contributed by atoms with E-state index in [4.69, 9.17) is 10.5 Å². The molecule has 1 aromatic rings. The van der Waals surface area contributed by atoms with Gasteiger partial charge in [-0.25, -0.2) is 0 Å². The number of hydrogen-bond acceptors (Lipinski definition) is 5. The van der Waals surface area contributed by atoms with Crippen LogP contribution >= 0.6 is 11.3 Å². The zero-order valence-electron chi connectivity index (χ0n) is 11.8. The molecule has 0 spiro atoms. The van der Waals surface area contributed by atoms with Gasteiger partial charge < -0.3 is 21.1 Å². The lowest BCUT2D eigenvalue weighted by atomic mass is 9.99. The predicted molar refractivity (Wildman–Crippen MR) is 79.1 cm³/mol. The van der Waals surface area contributed by atoms with E-state index in [1.54, 1.807) is 14.2 Å². The normalized spacial score (nSPS) is 15.2. The molecule has 19 heavy (non-hydrogen) atoms. The van der Waals surface area contributed by atoms with Crippen molar-refractivity contribution in [1.82, 2.24) is 5.32 Å². The number of anilines is 2. The van der Waals surface area contributed by atoms with Crippen LogP contribution in [0.3, 0.4) is 0 Å². The molecular weight excluding hydrogens is 262 g/mol. The van der Waals surface area contributed by atoms with Crippen LogP contribution in [0.1, 0.15) is 36.4 Å². The third kappa shape index (κ3) is 2.63. The molecule has 1 saturated carbocycles. The first-order valence-electron chi connectivity index (χ1n) is 6.37. The monoisotopic (exact) mass is 283 g/mol. The Morgan fingerprint density at radius 3 is 2.58 bits per heavy atom. The van der Waals surface area contributed by atoms with Crippen molar-refractivity contribution in [1.29, 1.82) is 0 Å². The van der Waals surface area contributed by atoms with Crippen LogP contribution in [-0.2, 0) is 0 Å². The molecule has 0 saturated heterocycles. The van der Waals surface area contributed by atoms with E-state index in [1.165, 1.54) is 24.2 Å². The topological polar surface area (TPSA) is 76.4 Å². The average Bonchev–Trinajstić information content (AvgIpc) is 3.15. The Morgan fingerprint density at radius 1 is 1.47 bits per heavy atom. The van der Waals surface area contributed by atoms with Gasteiger partial charge in [0.05, 0.1) is 7.11 Å². The summed E-state index contributed by atoms with van der Waals surface area (Å²) in [6.45, 7) is 4.33. The van der Waals surface area contributed by atoms with Crippen molar-refractivity contribution >= 4 is 27.9 Å². The minimum atomic E-state index is -0.182. The van der Waals surface area contributed by atoms with Crippen LogP contribution < -0.4 is 21.1 Å². The number of nitrogens with two attached hydrogens (primary N) is 1. The van der Waals surface area contributed by atoms with Crippen LogP contribution in [0.15, 0.2) is 0 Å². The van der Waals surface area contributed by atoms with E-state index < -0.39 is 0 Å². The van der Waals surface area contributed by atoms with Crippen LogP contribution in [-0.4, -0.2) is 25.6 Å². The average molecular weight is 283 g/mol. The molecule has 0 unspecified atom stereocenters. The van der Waals surface area contributed by atoms with Crippen LogP contribution in [0.2, 0.25) is 0 Å². The summed E-state index contributed by atoms with van der Waals surface area (Å²) in [4.78, 5) is 12.3. The lowest BCUT2D eigenvalue weighted by Gasteiger charge is -2.27. The fraction of sp³-hybridized carbons (Fsp3) is 0.615. The summed E-state index contributed by atoms with van der Waals surface area (Å²) < 4.78 is 5.34. The van der Waals surface area contributed by atoms with Crippen molar-refractivity contribution in [3.05, 3.63) is 4.88 Å². The van der Waals surface area contributed by atoms with Crippen LogP contribution in [0.5, 0.6) is 5.75 Å². The first-order chi connectivity index (χ1) is 8.90. The maximum Gasteiger partial charge on any atom is 0.263 e. The zero-order chi connectivity index (χ0) is 14.2. The zero-order valence-corrected chi connectivity index (χ0v) is 12.6. The molecule has 0 aromatic carbocycles. The molecule has 0 aliphatic heterocycles. The highest BCUT2D eigenvalue weighted by Crippen LogP contribution is 2.47. The molecule has 6 heteroatoms. The summed E-state index contributed by atoms with van der Waals surface area (Å²) >= 11 is 1.34. The Labute approximate surface area is 117 Å². The Morgan fingerprint density at radius 2 is 2.11 bits per heavy atom. The Hall–Kier alpha value is -1.43. The molecule has 1 aliphatic rings. The van der Waals surface area contributed by atoms with Gasteiger partial charge in [-0.2, -0.15) is 0 Å². The van der Waals surface area contributed by atoms with Crippen molar-refractivity contribution < 1.29 is 9.53 Å². The Kier molecular flexibility index (Phi) is 3.62. The molecule has 0 bridgehead atoms. The molecule has 1 fully saturated rings. The number of amides is 1. The second-order valence-electron chi connectivity index (χ2n) is 5.41. The van der Waals surface area contributed by atoms with Gasteiger partial charge in [-0.05, 0) is 32.6 Å². The van der Waals surface area contributed by atoms with E-state index in [1.807, 2.05) is 0 Å². The van der Waals surface area contributed by atoms with Crippen molar-refractivity contribution in [3.8, 4) is 5.75 Å². The first-order valence-corrected chi connectivity index (χ1v) is 7.19. The van der Waals surface area contributed by atoms with Crippen LogP contribution in [0.25, 0.3) is 0 Å². The highest BCUT2D eigenvalue weighted by Gasteiger charge is 2.39. The third-order valence-corrected chi connectivity index (χ3v) is 4.67. The smallest absolute Gasteiger partial charge is 0.263 e. The second-order valence-corrected chi connectivity index (χ2v) is 6.43. The fourth-order valence-corrected chi connectivity index (χ4v) is 3.40. The SMILES string of the molecule is CNC(=O)c1sc(NC(C)(C)C2CC2)c(OC)c1N. The quantitative estimate of drug-likeness (QED) is 0.775. The first kappa shape index (κ1) is 14.0. The Balaban J connectivity index is 2.31. The van der Waals surface area contributed by atoms with Gasteiger partial charge in [0.1, 0.15) is 15.6 Å². The number of nitrogen functional groups attached to an aromatic ring is 1. The molecule has 1 aliphatic carbocycles. The summed E-state index contributed by atoms with van der Waals surface area (Å²) in [7, 11) is 3.16. The minimum absolute atomic E-state index is 0.00939. The van der Waals surface area contributed by atoms with E-state index >= 15 is 0 Å². The molecule has 1 heterocycles. The van der Waals surface area contributed by atoms with Gasteiger partial charge in [0.25, 0.3) is 5.91 Å². The maximum absolute atomic E-state index is 11.8. The maximum atomic E-state index is 11.8. The molecule has 0 radical (unpaired) electrons. The van der Waals surface area contributed by atoms with Crippen LogP contribution in [0.4, 0.5) is 10.7 Å². The predicted octanol–water partition coefficient (Wildman–Crippen LogP) is 2.30. The van der Waals surface area contributed by atoms with Gasteiger partial charge in [0, 0.05) is 12.6 Å². The molecule has 1 aromatic heterocycles. The van der Waals surface area contributed by atoms with Gasteiger partial charge in [-0.1, -0.05) is 0 Å². The molecule has 5 nitrogen and oxygen atoms in total. The van der Waals surface area contributed by atoms with E-state index in [2.05, 4.69) is 24.5 Å². The van der Waals surface area contributed by atoms with Gasteiger partial charge in [-0.15, -0.1) is 11.3 Å². The number of hydrogen-bond donors (Lipinski definition) is 3. The number of methoxy groups -OCH3 is 1. The standard InChI is InChI=1S/C13H21N3O2S/c1-13(2,7-5-6-7)16-12-9(18-4)8(14)10(19-12)11(17)15-3/h7,16H,5-6,14H2,1-4H3,(H,15,17). The summed E-state index contributed by atoms with van der Waals surface area (Å²) in [5.74, 6) is 1.05. The summed E-state index contributed by atoms with van der Waals surface area (Å²) in [5, 5.41) is 6.90. The Bertz CT molecular complexity index is 492. The van der Waals surface area contributed by atoms with Crippen LogP contribution in [0, 0.1) is 5.92 Å². The molecule has 2 rings (SSSR count). The number of carbonyl (C=O) groups is 1. The molecule has 0 atom stereocenters. The molecule has 106 valence electrons. The summed E-state index contributed by atoms with van der Waals surface area (Å²) in [5.41, 5.74) is 6.38. The number of nitrogens with one attached hydrogen (secondary N) is 2. The van der Waals surface area contributed by atoms with Crippen molar-refractivity contribution in [2.75, 3.05) is 25.2 Å². The second kappa shape index (κ2) is 4.92. The highest BCUT2D eigenvalue weighted by atomic mass is 32.1. The van der Waals surface area contributed by atoms with Crippen molar-refractivity contribution in [3.63, 3.8) is 0 Å².